The Balaban J connectivity index is 2.92. The van der Waals surface area contributed by atoms with Crippen molar-refractivity contribution >= 4 is 5.78 Å². The average molecular weight is 178 g/mol. The fraction of sp³-hybridized carbons (Fsp3) is 0.222. The number of ketones is 1. The first-order valence-corrected chi connectivity index (χ1v) is 3.71. The molecule has 0 N–H and O–H groups in total. The van der Waals surface area contributed by atoms with Gasteiger partial charge in [0.05, 0.1) is 12.7 Å². The van der Waals surface area contributed by atoms with E-state index in [1.807, 2.05) is 0 Å². The highest BCUT2D eigenvalue weighted by Gasteiger charge is 2.07. The molecular weight excluding hydrogens is 168 g/mol. The molecule has 0 bridgehead atoms. The largest absolute Gasteiger partial charge is 0.467 e. The number of aromatic nitrogens is 2. The molecule has 0 unspecified atom stereocenters. The van der Waals surface area contributed by atoms with E-state index in [0.29, 0.717) is 11.1 Å². The van der Waals surface area contributed by atoms with Gasteiger partial charge in [-0.2, -0.15) is 0 Å². The highest BCUT2D eigenvalue weighted by Crippen LogP contribution is 2.06. The van der Waals surface area contributed by atoms with Gasteiger partial charge in [-0.3, -0.25) is 4.79 Å². The molecule has 1 rings (SSSR count). The number of allylic oxidation sites excluding steroid dienone is 1. The van der Waals surface area contributed by atoms with Crippen LogP contribution in [0.5, 0.6) is 6.01 Å². The standard InChI is InChI=1S/C9H10N2O2/c1-6(2)8(12)7-4-10-9(13-3)11-5-7/h4-5H,1H2,2-3H3. The van der Waals surface area contributed by atoms with Crippen LogP contribution < -0.4 is 4.74 Å². The second-order valence-electron chi connectivity index (χ2n) is 2.57. The van der Waals surface area contributed by atoms with E-state index < -0.39 is 0 Å². The molecule has 0 aliphatic rings. The van der Waals surface area contributed by atoms with Crippen molar-refractivity contribution in [2.75, 3.05) is 7.11 Å². The number of rotatable bonds is 3. The van der Waals surface area contributed by atoms with Gasteiger partial charge in [-0.05, 0) is 12.5 Å². The van der Waals surface area contributed by atoms with Crippen molar-refractivity contribution in [1.82, 2.24) is 9.97 Å². The van der Waals surface area contributed by atoms with Gasteiger partial charge < -0.3 is 4.74 Å². The van der Waals surface area contributed by atoms with Gasteiger partial charge in [0.2, 0.25) is 0 Å². The molecule has 4 heteroatoms. The molecule has 13 heavy (non-hydrogen) atoms. The van der Waals surface area contributed by atoms with Crippen LogP contribution in [0.3, 0.4) is 0 Å². The van der Waals surface area contributed by atoms with Crippen LogP contribution in [-0.2, 0) is 0 Å². The van der Waals surface area contributed by atoms with Crippen LogP contribution >= 0.6 is 0 Å². The van der Waals surface area contributed by atoms with E-state index in [1.54, 1.807) is 6.92 Å². The van der Waals surface area contributed by atoms with Crippen molar-refractivity contribution in [3.05, 3.63) is 30.1 Å². The van der Waals surface area contributed by atoms with Gasteiger partial charge in [0, 0.05) is 12.4 Å². The van der Waals surface area contributed by atoms with E-state index in [4.69, 9.17) is 4.74 Å². The summed E-state index contributed by atoms with van der Waals surface area (Å²) in [6, 6.07) is 0.248. The van der Waals surface area contributed by atoms with Gasteiger partial charge in [-0.1, -0.05) is 6.58 Å². The molecule has 0 atom stereocenters. The third-order valence-electron chi connectivity index (χ3n) is 1.46. The van der Waals surface area contributed by atoms with Crippen LogP contribution in [0.1, 0.15) is 17.3 Å². The summed E-state index contributed by atoms with van der Waals surface area (Å²) in [5.74, 6) is -0.150. The number of ether oxygens (including phenoxy) is 1. The lowest BCUT2D eigenvalue weighted by atomic mass is 10.1. The summed E-state index contributed by atoms with van der Waals surface area (Å²) in [6.07, 6.45) is 2.84. The van der Waals surface area contributed by atoms with Crippen molar-refractivity contribution in [3.63, 3.8) is 0 Å². The minimum Gasteiger partial charge on any atom is -0.467 e. The van der Waals surface area contributed by atoms with Gasteiger partial charge in [-0.15, -0.1) is 0 Å². The molecule has 0 fully saturated rings. The number of Topliss-reactive ketones (excluding diaryl/α,β-unsaturated/α-hetero) is 1. The highest BCUT2D eigenvalue weighted by molar-refractivity contribution is 6.07. The van der Waals surface area contributed by atoms with E-state index >= 15 is 0 Å². The van der Waals surface area contributed by atoms with Crippen LogP contribution in [0.25, 0.3) is 0 Å². The summed E-state index contributed by atoms with van der Waals surface area (Å²) in [7, 11) is 1.47. The van der Waals surface area contributed by atoms with E-state index in [-0.39, 0.29) is 11.8 Å². The number of carbonyl (C=O) groups excluding carboxylic acids is 1. The summed E-state index contributed by atoms with van der Waals surface area (Å²) in [5, 5.41) is 0. The predicted molar refractivity (Wildman–Crippen MR) is 47.7 cm³/mol. The zero-order chi connectivity index (χ0) is 9.84. The van der Waals surface area contributed by atoms with Crippen LogP contribution in [0.2, 0.25) is 0 Å². The third-order valence-corrected chi connectivity index (χ3v) is 1.46. The van der Waals surface area contributed by atoms with E-state index in [9.17, 15) is 4.79 Å². The van der Waals surface area contributed by atoms with Gasteiger partial charge >= 0.3 is 6.01 Å². The number of hydrogen-bond acceptors (Lipinski definition) is 4. The summed E-state index contributed by atoms with van der Waals surface area (Å²) in [6.45, 7) is 5.18. The number of nitrogens with zero attached hydrogens (tertiary/aromatic N) is 2. The Morgan fingerprint density at radius 3 is 2.38 bits per heavy atom. The molecule has 0 saturated heterocycles. The molecule has 0 spiro atoms. The summed E-state index contributed by atoms with van der Waals surface area (Å²) in [5.41, 5.74) is 0.891. The topological polar surface area (TPSA) is 52.1 Å². The monoisotopic (exact) mass is 178 g/mol. The van der Waals surface area contributed by atoms with Crippen molar-refractivity contribution in [2.24, 2.45) is 0 Å². The zero-order valence-electron chi connectivity index (χ0n) is 7.57. The van der Waals surface area contributed by atoms with E-state index in [0.717, 1.165) is 0 Å². The number of carbonyl (C=O) groups is 1. The number of methoxy groups -OCH3 is 1. The van der Waals surface area contributed by atoms with Gasteiger partial charge in [0.1, 0.15) is 0 Å². The maximum atomic E-state index is 11.3. The number of hydrogen-bond donors (Lipinski definition) is 0. The molecule has 1 heterocycles. The first-order valence-electron chi connectivity index (χ1n) is 3.71. The van der Waals surface area contributed by atoms with Crippen molar-refractivity contribution in [2.45, 2.75) is 6.92 Å². The van der Waals surface area contributed by atoms with Crippen molar-refractivity contribution in [1.29, 1.82) is 0 Å². The average Bonchev–Trinajstić information content (AvgIpc) is 2.17. The third kappa shape index (κ3) is 2.11. The highest BCUT2D eigenvalue weighted by atomic mass is 16.5. The van der Waals surface area contributed by atoms with Crippen LogP contribution in [0.4, 0.5) is 0 Å². The van der Waals surface area contributed by atoms with Crippen LogP contribution in [0, 0.1) is 0 Å². The lowest BCUT2D eigenvalue weighted by molar-refractivity contribution is 0.103. The molecule has 0 radical (unpaired) electrons. The lowest BCUT2D eigenvalue weighted by Gasteiger charge is -1.99. The minimum atomic E-state index is -0.150. The first-order chi connectivity index (χ1) is 6.15. The van der Waals surface area contributed by atoms with Crippen molar-refractivity contribution < 1.29 is 9.53 Å². The molecule has 0 amide bonds. The zero-order valence-corrected chi connectivity index (χ0v) is 7.57. The fourth-order valence-corrected chi connectivity index (χ4v) is 0.785. The molecule has 0 aliphatic carbocycles. The Kier molecular flexibility index (Phi) is 2.74. The van der Waals surface area contributed by atoms with Crippen molar-refractivity contribution in [3.8, 4) is 6.01 Å². The molecule has 0 aromatic carbocycles. The van der Waals surface area contributed by atoms with Crippen LogP contribution in [-0.4, -0.2) is 22.9 Å². The summed E-state index contributed by atoms with van der Waals surface area (Å²) < 4.78 is 4.75. The van der Waals surface area contributed by atoms with Gasteiger partial charge in [-0.25, -0.2) is 9.97 Å². The van der Waals surface area contributed by atoms with Crippen LogP contribution in [0.15, 0.2) is 24.5 Å². The lowest BCUT2D eigenvalue weighted by Crippen LogP contribution is -2.02. The maximum absolute atomic E-state index is 11.3. The first kappa shape index (κ1) is 9.38. The molecule has 0 saturated carbocycles. The van der Waals surface area contributed by atoms with Gasteiger partial charge in [0.15, 0.2) is 5.78 Å². The molecule has 0 aliphatic heterocycles. The molecule has 1 aromatic heterocycles. The molecule has 68 valence electrons. The molecule has 1 aromatic rings. The smallest absolute Gasteiger partial charge is 0.316 e. The minimum absolute atomic E-state index is 0.150. The quantitative estimate of drug-likeness (QED) is 0.516. The normalized spacial score (nSPS) is 9.38. The van der Waals surface area contributed by atoms with E-state index in [1.165, 1.54) is 19.5 Å². The predicted octanol–water partition coefficient (Wildman–Crippen LogP) is 1.24. The maximum Gasteiger partial charge on any atom is 0.316 e. The molecule has 4 nitrogen and oxygen atoms in total. The SMILES string of the molecule is C=C(C)C(=O)c1cnc(OC)nc1. The summed E-state index contributed by atoms with van der Waals surface area (Å²) in [4.78, 5) is 18.9. The Bertz CT molecular complexity index is 330. The fourth-order valence-electron chi connectivity index (χ4n) is 0.785. The van der Waals surface area contributed by atoms with E-state index in [2.05, 4.69) is 16.5 Å². The Hall–Kier alpha value is -1.71. The summed E-state index contributed by atoms with van der Waals surface area (Å²) >= 11 is 0. The second-order valence-corrected chi connectivity index (χ2v) is 2.57. The van der Waals surface area contributed by atoms with Gasteiger partial charge in [0.25, 0.3) is 0 Å². The second kappa shape index (κ2) is 3.80. The Morgan fingerprint density at radius 1 is 1.46 bits per heavy atom. The Labute approximate surface area is 76.3 Å². The Morgan fingerprint density at radius 2 is 2.00 bits per heavy atom. The molecular formula is C9H10N2O2.